The number of rotatable bonds is 1. The van der Waals surface area contributed by atoms with E-state index < -0.39 is 0 Å². The van der Waals surface area contributed by atoms with Gasteiger partial charge in [0.05, 0.1) is 5.69 Å². The highest BCUT2D eigenvalue weighted by Gasteiger charge is 2.26. The topological polar surface area (TPSA) is 53.7 Å². The molecule has 6 heteroatoms. The molecule has 1 N–H and O–H groups in total. The summed E-state index contributed by atoms with van der Waals surface area (Å²) < 4.78 is 5.46. The molecule has 2 heterocycles. The van der Waals surface area contributed by atoms with Gasteiger partial charge in [0.2, 0.25) is 0 Å². The summed E-state index contributed by atoms with van der Waals surface area (Å²) in [5.74, 6) is 2.09. The number of hydrogen-bond acceptors (Lipinski definition) is 6. The van der Waals surface area contributed by atoms with Crippen LogP contribution in [-0.4, -0.2) is 28.3 Å². The van der Waals surface area contributed by atoms with Crippen LogP contribution in [-0.2, 0) is 0 Å². The Hall–Kier alpha value is -1.17. The quantitative estimate of drug-likeness (QED) is 0.673. The first kappa shape index (κ1) is 9.39. The zero-order chi connectivity index (χ0) is 10.3. The molecule has 0 fully saturated rings. The first-order chi connectivity index (χ1) is 6.59. The molecule has 0 aliphatic carbocycles. The van der Waals surface area contributed by atoms with Crippen molar-refractivity contribution < 1.29 is 4.42 Å². The van der Waals surface area contributed by atoms with Gasteiger partial charge in [0.25, 0.3) is 0 Å². The normalized spacial score (nSPS) is 21.0. The van der Waals surface area contributed by atoms with Crippen LogP contribution in [0.3, 0.4) is 0 Å². The summed E-state index contributed by atoms with van der Waals surface area (Å²) in [7, 11) is 1.90. The van der Waals surface area contributed by atoms with Crippen molar-refractivity contribution in [3.8, 4) is 0 Å². The zero-order valence-electron chi connectivity index (χ0n) is 8.27. The second-order valence-corrected chi connectivity index (χ2v) is 3.69. The molecule has 1 unspecified atom stereocenters. The Morgan fingerprint density at radius 1 is 1.50 bits per heavy atom. The van der Waals surface area contributed by atoms with Gasteiger partial charge < -0.3 is 9.32 Å². The molecule has 0 saturated heterocycles. The van der Waals surface area contributed by atoms with Gasteiger partial charge in [-0.25, -0.2) is 4.98 Å². The maximum Gasteiger partial charge on any atom is 0.195 e. The Morgan fingerprint density at radius 3 is 2.64 bits per heavy atom. The SMILES string of the molecule is Cc1nc(C)c(C2=NNC(S)N2C)o1. The fourth-order valence-corrected chi connectivity index (χ4v) is 1.52. The number of hydrazone groups is 1. The van der Waals surface area contributed by atoms with Crippen molar-refractivity contribution in [1.82, 2.24) is 15.3 Å². The van der Waals surface area contributed by atoms with Crippen molar-refractivity contribution in [2.24, 2.45) is 5.10 Å². The van der Waals surface area contributed by atoms with Crippen LogP contribution in [0.15, 0.2) is 9.52 Å². The molecule has 76 valence electrons. The Bertz CT molecular complexity index is 387. The Kier molecular flexibility index (Phi) is 2.14. The van der Waals surface area contributed by atoms with E-state index in [1.165, 1.54) is 0 Å². The van der Waals surface area contributed by atoms with Crippen LogP contribution in [0, 0.1) is 13.8 Å². The molecule has 0 saturated carbocycles. The van der Waals surface area contributed by atoms with E-state index in [2.05, 4.69) is 28.1 Å². The lowest BCUT2D eigenvalue weighted by atomic mass is 10.3. The standard InChI is InChI=1S/C8H12N4OS/c1-4-6(13-5(2)9-4)7-10-11-8(14)12(7)3/h8,11,14H,1-3H3. The minimum absolute atomic E-state index is 0.102. The molecule has 0 bridgehead atoms. The van der Waals surface area contributed by atoms with Crippen LogP contribution in [0.25, 0.3) is 0 Å². The average Bonchev–Trinajstić information content (AvgIpc) is 2.59. The molecule has 14 heavy (non-hydrogen) atoms. The average molecular weight is 212 g/mol. The predicted molar refractivity (Wildman–Crippen MR) is 56.2 cm³/mol. The first-order valence-corrected chi connectivity index (χ1v) is 4.79. The molecule has 0 amide bonds. The molecule has 1 aliphatic heterocycles. The molecule has 1 atom stereocenters. The Morgan fingerprint density at radius 2 is 2.21 bits per heavy atom. The van der Waals surface area contributed by atoms with Crippen molar-refractivity contribution in [3.05, 3.63) is 17.3 Å². The lowest BCUT2D eigenvalue weighted by Crippen LogP contribution is -2.32. The summed E-state index contributed by atoms with van der Waals surface area (Å²) in [6.45, 7) is 3.71. The van der Waals surface area contributed by atoms with Crippen LogP contribution < -0.4 is 5.43 Å². The highest BCUT2D eigenvalue weighted by Crippen LogP contribution is 2.17. The van der Waals surface area contributed by atoms with Gasteiger partial charge in [-0.05, 0) is 6.92 Å². The molecular weight excluding hydrogens is 200 g/mol. The Labute approximate surface area is 87.6 Å². The molecule has 0 spiro atoms. The number of aryl methyl sites for hydroxylation is 2. The van der Waals surface area contributed by atoms with Crippen LogP contribution in [0.5, 0.6) is 0 Å². The highest BCUT2D eigenvalue weighted by atomic mass is 32.1. The number of aromatic nitrogens is 1. The number of nitrogens with zero attached hydrogens (tertiary/aromatic N) is 3. The second-order valence-electron chi connectivity index (χ2n) is 3.20. The molecule has 1 aromatic heterocycles. The number of oxazole rings is 1. The van der Waals surface area contributed by atoms with Crippen molar-refractivity contribution in [2.75, 3.05) is 7.05 Å². The number of thiol groups is 1. The third-order valence-corrected chi connectivity index (χ3v) is 2.56. The second kappa shape index (κ2) is 3.20. The smallest absolute Gasteiger partial charge is 0.195 e. The number of amidine groups is 1. The summed E-state index contributed by atoms with van der Waals surface area (Å²) in [5.41, 5.74) is 3.59. The van der Waals surface area contributed by atoms with E-state index in [9.17, 15) is 0 Å². The highest BCUT2D eigenvalue weighted by molar-refractivity contribution is 7.80. The third kappa shape index (κ3) is 1.35. The fraction of sp³-hybridized carbons (Fsp3) is 0.500. The van der Waals surface area contributed by atoms with E-state index in [1.807, 2.05) is 25.8 Å². The minimum Gasteiger partial charge on any atom is -0.437 e. The van der Waals surface area contributed by atoms with Crippen LogP contribution in [0.1, 0.15) is 17.3 Å². The van der Waals surface area contributed by atoms with Gasteiger partial charge in [-0.2, -0.15) is 5.10 Å². The Balaban J connectivity index is 2.37. The van der Waals surface area contributed by atoms with Gasteiger partial charge in [0.15, 0.2) is 23.0 Å². The van der Waals surface area contributed by atoms with Crippen molar-refractivity contribution in [1.29, 1.82) is 0 Å². The zero-order valence-corrected chi connectivity index (χ0v) is 9.17. The van der Waals surface area contributed by atoms with Gasteiger partial charge in [-0.3, -0.25) is 5.43 Å². The maximum absolute atomic E-state index is 5.46. The lowest BCUT2D eigenvalue weighted by Gasteiger charge is -2.16. The maximum atomic E-state index is 5.46. The molecule has 0 aromatic carbocycles. The number of hydrogen-bond donors (Lipinski definition) is 2. The summed E-state index contributed by atoms with van der Waals surface area (Å²) in [6, 6.07) is 0. The predicted octanol–water partition coefficient (Wildman–Crippen LogP) is 0.701. The van der Waals surface area contributed by atoms with E-state index in [0.29, 0.717) is 11.7 Å². The summed E-state index contributed by atoms with van der Waals surface area (Å²) >= 11 is 4.28. The number of nitrogens with one attached hydrogen (secondary N) is 1. The molecular formula is C8H12N4OS. The summed E-state index contributed by atoms with van der Waals surface area (Å²) in [6.07, 6.45) is 0. The van der Waals surface area contributed by atoms with E-state index in [4.69, 9.17) is 4.42 Å². The third-order valence-electron chi connectivity index (χ3n) is 2.09. The summed E-state index contributed by atoms with van der Waals surface area (Å²) in [5, 5.41) is 4.12. The van der Waals surface area contributed by atoms with Gasteiger partial charge >= 0.3 is 0 Å². The molecule has 0 radical (unpaired) electrons. The molecule has 1 aliphatic rings. The summed E-state index contributed by atoms with van der Waals surface area (Å²) in [4.78, 5) is 6.07. The van der Waals surface area contributed by atoms with Crippen molar-refractivity contribution >= 4 is 18.5 Å². The van der Waals surface area contributed by atoms with E-state index >= 15 is 0 Å². The van der Waals surface area contributed by atoms with Gasteiger partial charge in [-0.15, -0.1) is 12.6 Å². The lowest BCUT2D eigenvalue weighted by molar-refractivity contribution is 0.450. The van der Waals surface area contributed by atoms with Gasteiger partial charge in [-0.1, -0.05) is 0 Å². The largest absolute Gasteiger partial charge is 0.437 e. The van der Waals surface area contributed by atoms with Gasteiger partial charge in [0, 0.05) is 14.0 Å². The van der Waals surface area contributed by atoms with Crippen LogP contribution in [0.2, 0.25) is 0 Å². The molecule has 2 rings (SSSR count). The van der Waals surface area contributed by atoms with E-state index in [0.717, 1.165) is 11.5 Å². The van der Waals surface area contributed by atoms with Gasteiger partial charge in [0.1, 0.15) is 0 Å². The molecule has 5 nitrogen and oxygen atoms in total. The fourth-order valence-electron chi connectivity index (χ4n) is 1.35. The van der Waals surface area contributed by atoms with Crippen molar-refractivity contribution in [3.63, 3.8) is 0 Å². The van der Waals surface area contributed by atoms with Crippen LogP contribution >= 0.6 is 12.6 Å². The monoisotopic (exact) mass is 212 g/mol. The minimum atomic E-state index is -0.102. The van der Waals surface area contributed by atoms with Crippen molar-refractivity contribution in [2.45, 2.75) is 19.3 Å². The molecule has 1 aromatic rings. The van der Waals surface area contributed by atoms with E-state index in [1.54, 1.807) is 0 Å². The van der Waals surface area contributed by atoms with E-state index in [-0.39, 0.29) is 5.50 Å². The first-order valence-electron chi connectivity index (χ1n) is 4.28. The van der Waals surface area contributed by atoms with Crippen LogP contribution in [0.4, 0.5) is 0 Å².